The highest BCUT2D eigenvalue weighted by Gasteiger charge is 2.10. The molecule has 1 unspecified atom stereocenters. The molecule has 0 radical (unpaired) electrons. The summed E-state index contributed by atoms with van der Waals surface area (Å²) < 4.78 is 13.2. The Morgan fingerprint density at radius 2 is 2.15 bits per heavy atom. The minimum Gasteiger partial charge on any atom is -0.329 e. The second-order valence-corrected chi connectivity index (χ2v) is 6.62. The molecule has 0 aliphatic heterocycles. The van der Waals surface area contributed by atoms with Gasteiger partial charge in [-0.1, -0.05) is 18.5 Å². The first-order valence-electron chi connectivity index (χ1n) is 6.52. The van der Waals surface area contributed by atoms with Crippen LogP contribution in [0.2, 0.25) is 5.02 Å². The lowest BCUT2D eigenvalue weighted by atomic mass is 10.2. The van der Waals surface area contributed by atoms with Gasteiger partial charge in [0.05, 0.1) is 10.9 Å². The van der Waals surface area contributed by atoms with Crippen LogP contribution in [0.5, 0.6) is 0 Å². The summed E-state index contributed by atoms with van der Waals surface area (Å²) in [7, 11) is -0.806. The Balaban J connectivity index is 2.52. The van der Waals surface area contributed by atoms with Crippen molar-refractivity contribution in [3.63, 3.8) is 0 Å². The normalized spacial score (nSPS) is 12.8. The molecule has 0 bridgehead atoms. The van der Waals surface area contributed by atoms with Gasteiger partial charge in [-0.25, -0.2) is 0 Å². The summed E-state index contributed by atoms with van der Waals surface area (Å²) in [6, 6.07) is 5.28. The van der Waals surface area contributed by atoms with Gasteiger partial charge in [0.25, 0.3) is 5.56 Å². The number of fused-ring (bicyclic) bond motifs is 1. The fraction of sp³-hybridized carbons (Fsp3) is 0.429. The summed E-state index contributed by atoms with van der Waals surface area (Å²) in [5, 5.41) is 1.06. The fourth-order valence-electron chi connectivity index (χ4n) is 2.24. The summed E-state index contributed by atoms with van der Waals surface area (Å²) in [6.07, 6.45) is 3.17. The van der Waals surface area contributed by atoms with Crippen molar-refractivity contribution >= 4 is 33.3 Å². The van der Waals surface area contributed by atoms with Gasteiger partial charge >= 0.3 is 0 Å². The van der Waals surface area contributed by atoms with Crippen LogP contribution in [0.3, 0.4) is 0 Å². The molecule has 1 heterocycles. The number of nitrogens with zero attached hydrogens (tertiary/aromatic N) is 2. The first kappa shape index (κ1) is 15.2. The molecule has 1 atom stereocenters. The van der Waals surface area contributed by atoms with E-state index in [1.807, 2.05) is 17.6 Å². The smallest absolute Gasteiger partial charge is 0.280 e. The van der Waals surface area contributed by atoms with Crippen molar-refractivity contribution in [2.24, 2.45) is 0 Å². The lowest BCUT2D eigenvalue weighted by molar-refractivity contribution is 0.636. The molecule has 0 saturated heterocycles. The molecule has 0 amide bonds. The van der Waals surface area contributed by atoms with Crippen LogP contribution in [0.4, 0.5) is 0 Å². The quantitative estimate of drug-likeness (QED) is 0.851. The molecule has 2 aromatic rings. The molecule has 6 heteroatoms. The maximum Gasteiger partial charge on any atom is 0.280 e. The van der Waals surface area contributed by atoms with E-state index in [1.54, 1.807) is 18.4 Å². The number of aromatic nitrogens is 2. The van der Waals surface area contributed by atoms with Crippen LogP contribution < -0.4 is 5.56 Å². The summed E-state index contributed by atoms with van der Waals surface area (Å²) in [4.78, 5) is 16.1. The maximum atomic E-state index is 12.0. The molecule has 0 aliphatic carbocycles. The van der Waals surface area contributed by atoms with E-state index in [-0.39, 0.29) is 5.56 Å². The summed E-state index contributed by atoms with van der Waals surface area (Å²) in [5.74, 6) is 1.40. The van der Waals surface area contributed by atoms with Gasteiger partial charge in [0.15, 0.2) is 0 Å². The number of benzene rings is 1. The van der Waals surface area contributed by atoms with Gasteiger partial charge in [-0.3, -0.25) is 9.00 Å². The molecule has 4 nitrogen and oxygen atoms in total. The minimum atomic E-state index is -0.806. The average Bonchev–Trinajstić information content (AvgIpc) is 2.40. The molecule has 108 valence electrons. The minimum absolute atomic E-state index is 0.241. The molecular formula is C14H17ClN2O2S. The number of aryl methyl sites for hydroxylation is 2. The van der Waals surface area contributed by atoms with E-state index in [0.717, 1.165) is 17.8 Å². The summed E-state index contributed by atoms with van der Waals surface area (Å²) >= 11 is 5.95. The molecule has 2 rings (SSSR count). The van der Waals surface area contributed by atoms with Crippen molar-refractivity contribution < 1.29 is 4.21 Å². The Morgan fingerprint density at radius 1 is 1.40 bits per heavy atom. The third-order valence-electron chi connectivity index (χ3n) is 3.15. The van der Waals surface area contributed by atoms with E-state index in [1.165, 1.54) is 0 Å². The molecule has 0 saturated carbocycles. The maximum absolute atomic E-state index is 12.0. The van der Waals surface area contributed by atoms with Gasteiger partial charge in [0.1, 0.15) is 5.82 Å². The largest absolute Gasteiger partial charge is 0.329 e. The predicted molar refractivity (Wildman–Crippen MR) is 83.9 cm³/mol. The first-order valence-corrected chi connectivity index (χ1v) is 8.62. The van der Waals surface area contributed by atoms with Crippen molar-refractivity contribution in [3.8, 4) is 0 Å². The Kier molecular flexibility index (Phi) is 4.94. The Morgan fingerprint density at radius 3 is 2.80 bits per heavy atom. The fourth-order valence-corrected chi connectivity index (χ4v) is 2.94. The highest BCUT2D eigenvalue weighted by molar-refractivity contribution is 7.84. The van der Waals surface area contributed by atoms with Gasteiger partial charge in [-0.15, -0.1) is 0 Å². The number of hydrogen-bond acceptors (Lipinski definition) is 3. The Bertz CT molecular complexity index is 712. The van der Waals surface area contributed by atoms with Gasteiger partial charge in [-0.2, -0.15) is 4.98 Å². The van der Waals surface area contributed by atoms with E-state index >= 15 is 0 Å². The van der Waals surface area contributed by atoms with E-state index in [0.29, 0.717) is 29.1 Å². The Labute approximate surface area is 125 Å². The average molecular weight is 313 g/mol. The molecule has 1 aromatic heterocycles. The van der Waals surface area contributed by atoms with Gasteiger partial charge < -0.3 is 4.57 Å². The highest BCUT2D eigenvalue weighted by Crippen LogP contribution is 2.18. The third-order valence-corrected chi connectivity index (χ3v) is 4.25. The van der Waals surface area contributed by atoms with Crippen LogP contribution >= 0.6 is 11.6 Å². The zero-order valence-corrected chi connectivity index (χ0v) is 13.1. The van der Waals surface area contributed by atoms with Crippen LogP contribution in [0.1, 0.15) is 19.2 Å². The Hall–Kier alpha value is -1.20. The zero-order chi connectivity index (χ0) is 14.7. The van der Waals surface area contributed by atoms with E-state index < -0.39 is 10.8 Å². The molecule has 0 spiro atoms. The van der Waals surface area contributed by atoms with Crippen LogP contribution in [-0.2, 0) is 23.8 Å². The SMILES string of the molecule is CCc1nc(=O)c2cc(Cl)ccc2n1CCCS(C)=O. The topological polar surface area (TPSA) is 52.0 Å². The van der Waals surface area contributed by atoms with E-state index in [2.05, 4.69) is 4.98 Å². The molecule has 20 heavy (non-hydrogen) atoms. The van der Waals surface area contributed by atoms with Crippen molar-refractivity contribution in [3.05, 3.63) is 39.4 Å². The second-order valence-electron chi connectivity index (χ2n) is 4.63. The first-order chi connectivity index (χ1) is 9.52. The van der Waals surface area contributed by atoms with Gasteiger partial charge in [0, 0.05) is 40.8 Å². The zero-order valence-electron chi connectivity index (χ0n) is 11.6. The van der Waals surface area contributed by atoms with E-state index in [4.69, 9.17) is 11.6 Å². The molecule has 1 aromatic carbocycles. The number of hydrogen-bond donors (Lipinski definition) is 0. The standard InChI is InChI=1S/C14H17ClN2O2S/c1-3-13-16-14(18)11-9-10(15)5-6-12(11)17(13)7-4-8-20(2)19/h5-6,9H,3-4,7-8H2,1-2H3. The molecule has 0 fully saturated rings. The number of rotatable bonds is 5. The van der Waals surface area contributed by atoms with Crippen LogP contribution in [0.25, 0.3) is 10.9 Å². The lowest BCUT2D eigenvalue weighted by Gasteiger charge is -2.14. The van der Waals surface area contributed by atoms with Crippen molar-refractivity contribution in [1.29, 1.82) is 0 Å². The second kappa shape index (κ2) is 6.50. The monoisotopic (exact) mass is 312 g/mol. The van der Waals surface area contributed by atoms with Crippen molar-refractivity contribution in [2.75, 3.05) is 12.0 Å². The van der Waals surface area contributed by atoms with Gasteiger partial charge in [-0.05, 0) is 24.6 Å². The summed E-state index contributed by atoms with van der Waals surface area (Å²) in [6.45, 7) is 2.67. The summed E-state index contributed by atoms with van der Waals surface area (Å²) in [5.41, 5.74) is 0.600. The van der Waals surface area contributed by atoms with E-state index in [9.17, 15) is 9.00 Å². The molecule has 0 aliphatic rings. The molecule has 0 N–H and O–H groups in total. The molecular weight excluding hydrogens is 296 g/mol. The van der Waals surface area contributed by atoms with Crippen molar-refractivity contribution in [2.45, 2.75) is 26.3 Å². The van der Waals surface area contributed by atoms with Crippen LogP contribution in [-0.4, -0.2) is 25.8 Å². The third kappa shape index (κ3) is 3.27. The van der Waals surface area contributed by atoms with Crippen molar-refractivity contribution in [1.82, 2.24) is 9.55 Å². The highest BCUT2D eigenvalue weighted by atomic mass is 35.5. The predicted octanol–water partition coefficient (Wildman–Crippen LogP) is 2.38. The lowest BCUT2D eigenvalue weighted by Crippen LogP contribution is -2.19. The van der Waals surface area contributed by atoms with Crippen LogP contribution in [0, 0.1) is 0 Å². The van der Waals surface area contributed by atoms with Gasteiger partial charge in [0.2, 0.25) is 0 Å². The van der Waals surface area contributed by atoms with Crippen LogP contribution in [0.15, 0.2) is 23.0 Å². The number of halogens is 1.